The Labute approximate surface area is 127 Å². The summed E-state index contributed by atoms with van der Waals surface area (Å²) in [5, 5.41) is 6.78. The van der Waals surface area contributed by atoms with Gasteiger partial charge >= 0.3 is 0 Å². The smallest absolute Gasteiger partial charge is 0.136 e. The van der Waals surface area contributed by atoms with Crippen molar-refractivity contribution < 1.29 is 0 Å². The summed E-state index contributed by atoms with van der Waals surface area (Å²) in [4.78, 5) is 8.91. The first-order valence-corrected chi connectivity index (χ1v) is 7.36. The van der Waals surface area contributed by atoms with Gasteiger partial charge in [-0.25, -0.2) is 9.97 Å². The number of hydrogen-bond donors (Lipinski definition) is 2. The summed E-state index contributed by atoms with van der Waals surface area (Å²) < 4.78 is 0. The summed E-state index contributed by atoms with van der Waals surface area (Å²) >= 11 is 0. The molecule has 0 saturated carbocycles. The summed E-state index contributed by atoms with van der Waals surface area (Å²) in [5.74, 6) is 2.40. The molecule has 1 aromatic heterocycles. The van der Waals surface area contributed by atoms with Crippen LogP contribution in [0.25, 0.3) is 0 Å². The molecule has 0 aliphatic carbocycles. The zero-order valence-corrected chi connectivity index (χ0v) is 13.5. The largest absolute Gasteiger partial charge is 0.365 e. The lowest BCUT2D eigenvalue weighted by Crippen LogP contribution is -2.27. The van der Waals surface area contributed by atoms with Gasteiger partial charge in [0, 0.05) is 17.3 Å². The van der Waals surface area contributed by atoms with Crippen LogP contribution in [-0.2, 0) is 6.42 Å². The number of aromatic nitrogens is 2. The highest BCUT2D eigenvalue weighted by Crippen LogP contribution is 2.22. The van der Waals surface area contributed by atoms with Crippen LogP contribution < -0.4 is 10.6 Å². The maximum Gasteiger partial charge on any atom is 0.136 e. The molecule has 0 radical (unpaired) electrons. The van der Waals surface area contributed by atoms with Crippen molar-refractivity contribution >= 4 is 17.3 Å². The molecule has 112 valence electrons. The van der Waals surface area contributed by atoms with E-state index in [1.807, 2.05) is 19.1 Å². The molecular formula is C17H24N4. The summed E-state index contributed by atoms with van der Waals surface area (Å²) in [6.45, 7) is 10.4. The summed E-state index contributed by atoms with van der Waals surface area (Å²) in [5.41, 5.74) is 2.35. The van der Waals surface area contributed by atoms with Crippen LogP contribution >= 0.6 is 0 Å². The van der Waals surface area contributed by atoms with Gasteiger partial charge < -0.3 is 10.6 Å². The first-order valence-electron chi connectivity index (χ1n) is 7.36. The van der Waals surface area contributed by atoms with Crippen LogP contribution in [0.5, 0.6) is 0 Å². The van der Waals surface area contributed by atoms with E-state index in [1.165, 1.54) is 5.56 Å². The van der Waals surface area contributed by atoms with Crippen molar-refractivity contribution in [3.8, 4) is 0 Å². The van der Waals surface area contributed by atoms with Crippen LogP contribution in [0, 0.1) is 6.92 Å². The van der Waals surface area contributed by atoms with E-state index in [4.69, 9.17) is 0 Å². The average molecular weight is 284 g/mol. The molecule has 4 heteroatoms. The van der Waals surface area contributed by atoms with Crippen LogP contribution in [0.1, 0.15) is 39.1 Å². The first kappa shape index (κ1) is 15.3. The van der Waals surface area contributed by atoms with Gasteiger partial charge in [-0.15, -0.1) is 0 Å². The summed E-state index contributed by atoms with van der Waals surface area (Å²) in [6, 6.07) is 10.2. The van der Waals surface area contributed by atoms with Crippen molar-refractivity contribution in [3.05, 3.63) is 41.7 Å². The fourth-order valence-corrected chi connectivity index (χ4v) is 2.17. The fraction of sp³-hybridized carbons (Fsp3) is 0.412. The Kier molecular flexibility index (Phi) is 4.46. The topological polar surface area (TPSA) is 49.8 Å². The molecule has 2 rings (SSSR count). The third-order valence-electron chi connectivity index (χ3n) is 3.00. The van der Waals surface area contributed by atoms with Gasteiger partial charge in [0.2, 0.25) is 0 Å². The number of benzene rings is 1. The highest BCUT2D eigenvalue weighted by Gasteiger charge is 2.12. The zero-order valence-electron chi connectivity index (χ0n) is 13.5. The molecule has 0 aliphatic rings. The molecule has 0 unspecified atom stereocenters. The Hall–Kier alpha value is -2.10. The Morgan fingerprint density at radius 3 is 2.38 bits per heavy atom. The lowest BCUT2D eigenvalue weighted by atomic mass is 10.1. The van der Waals surface area contributed by atoms with E-state index in [0.29, 0.717) is 0 Å². The van der Waals surface area contributed by atoms with E-state index in [-0.39, 0.29) is 5.54 Å². The maximum absolute atomic E-state index is 4.47. The lowest BCUT2D eigenvalue weighted by molar-refractivity contribution is 0.629. The number of aryl methyl sites for hydroxylation is 2. The molecule has 21 heavy (non-hydrogen) atoms. The highest BCUT2D eigenvalue weighted by molar-refractivity contribution is 5.62. The van der Waals surface area contributed by atoms with E-state index in [1.54, 1.807) is 0 Å². The zero-order chi connectivity index (χ0) is 15.5. The second kappa shape index (κ2) is 6.12. The molecule has 0 spiro atoms. The minimum atomic E-state index is -0.0284. The van der Waals surface area contributed by atoms with Crippen molar-refractivity contribution in [2.24, 2.45) is 0 Å². The van der Waals surface area contributed by atoms with E-state index >= 15 is 0 Å². The molecule has 1 aromatic carbocycles. The van der Waals surface area contributed by atoms with Crippen LogP contribution in [-0.4, -0.2) is 15.5 Å². The van der Waals surface area contributed by atoms with E-state index in [0.717, 1.165) is 29.6 Å². The summed E-state index contributed by atoms with van der Waals surface area (Å²) in [7, 11) is 0. The van der Waals surface area contributed by atoms with Gasteiger partial charge in [-0.2, -0.15) is 0 Å². The Bertz CT molecular complexity index is 614. The van der Waals surface area contributed by atoms with Gasteiger partial charge in [-0.3, -0.25) is 0 Å². The number of anilines is 3. The quantitative estimate of drug-likeness (QED) is 0.878. The molecular weight excluding hydrogens is 260 g/mol. The number of hydrogen-bond acceptors (Lipinski definition) is 4. The SMILES string of the molecule is CCc1ccccc1Nc1cc(NC(C)(C)C)nc(C)n1. The minimum Gasteiger partial charge on any atom is -0.365 e. The third-order valence-corrected chi connectivity index (χ3v) is 3.00. The van der Waals surface area contributed by atoms with Gasteiger partial charge in [-0.05, 0) is 45.7 Å². The van der Waals surface area contributed by atoms with E-state index in [9.17, 15) is 0 Å². The Balaban J connectivity index is 2.28. The molecule has 0 aliphatic heterocycles. The van der Waals surface area contributed by atoms with E-state index in [2.05, 4.69) is 66.5 Å². The molecule has 0 fully saturated rings. The molecule has 1 heterocycles. The molecule has 0 atom stereocenters. The van der Waals surface area contributed by atoms with Crippen molar-refractivity contribution in [3.63, 3.8) is 0 Å². The van der Waals surface area contributed by atoms with Gasteiger partial charge in [0.15, 0.2) is 0 Å². The minimum absolute atomic E-state index is 0.0284. The fourth-order valence-electron chi connectivity index (χ4n) is 2.17. The number of para-hydroxylation sites is 1. The average Bonchev–Trinajstić information content (AvgIpc) is 2.36. The number of nitrogens with one attached hydrogen (secondary N) is 2. The Morgan fingerprint density at radius 1 is 1.05 bits per heavy atom. The van der Waals surface area contributed by atoms with Gasteiger partial charge in [0.05, 0.1) is 0 Å². The standard InChI is InChI=1S/C17H24N4/c1-6-13-9-7-8-10-14(13)20-15-11-16(19-12(2)18-15)21-17(3,4)5/h7-11H,6H2,1-5H3,(H2,18,19,20,21). The lowest BCUT2D eigenvalue weighted by Gasteiger charge is -2.22. The molecule has 4 nitrogen and oxygen atoms in total. The van der Waals surface area contributed by atoms with Crippen molar-refractivity contribution in [1.82, 2.24) is 9.97 Å². The van der Waals surface area contributed by atoms with Gasteiger partial charge in [0.25, 0.3) is 0 Å². The van der Waals surface area contributed by atoms with Crippen LogP contribution in [0.15, 0.2) is 30.3 Å². The normalized spacial score (nSPS) is 11.3. The third kappa shape index (κ3) is 4.45. The molecule has 2 N–H and O–H groups in total. The van der Waals surface area contributed by atoms with Crippen molar-refractivity contribution in [2.45, 2.75) is 46.6 Å². The molecule has 0 amide bonds. The second-order valence-electron chi connectivity index (χ2n) is 6.20. The van der Waals surface area contributed by atoms with Crippen LogP contribution in [0.4, 0.5) is 17.3 Å². The first-order chi connectivity index (χ1) is 9.87. The number of rotatable bonds is 4. The monoisotopic (exact) mass is 284 g/mol. The summed E-state index contributed by atoms with van der Waals surface area (Å²) in [6.07, 6.45) is 0.986. The van der Waals surface area contributed by atoms with Crippen molar-refractivity contribution in [1.29, 1.82) is 0 Å². The van der Waals surface area contributed by atoms with Crippen molar-refractivity contribution in [2.75, 3.05) is 10.6 Å². The predicted octanol–water partition coefficient (Wildman–Crippen LogP) is 4.30. The Morgan fingerprint density at radius 2 is 1.71 bits per heavy atom. The van der Waals surface area contributed by atoms with Crippen LogP contribution in [0.2, 0.25) is 0 Å². The van der Waals surface area contributed by atoms with Gasteiger partial charge in [-0.1, -0.05) is 25.1 Å². The van der Waals surface area contributed by atoms with Crippen LogP contribution in [0.3, 0.4) is 0 Å². The van der Waals surface area contributed by atoms with Gasteiger partial charge in [0.1, 0.15) is 17.5 Å². The predicted molar refractivity (Wildman–Crippen MR) is 89.2 cm³/mol. The maximum atomic E-state index is 4.47. The molecule has 0 bridgehead atoms. The highest BCUT2D eigenvalue weighted by atomic mass is 15.1. The molecule has 2 aromatic rings. The second-order valence-corrected chi connectivity index (χ2v) is 6.20. The van der Waals surface area contributed by atoms with E-state index < -0.39 is 0 Å². The molecule has 0 saturated heterocycles. The number of nitrogens with zero attached hydrogens (tertiary/aromatic N) is 2.